The van der Waals surface area contributed by atoms with E-state index in [0.717, 1.165) is 24.8 Å². The molecule has 1 heterocycles. The third-order valence-corrected chi connectivity index (χ3v) is 4.81. The van der Waals surface area contributed by atoms with E-state index in [1.54, 1.807) is 6.07 Å². The first kappa shape index (κ1) is 24.6. The van der Waals surface area contributed by atoms with E-state index in [1.807, 2.05) is 24.3 Å². The van der Waals surface area contributed by atoms with E-state index in [9.17, 15) is 4.79 Å². The second kappa shape index (κ2) is 11.6. The van der Waals surface area contributed by atoms with Gasteiger partial charge in [-0.15, -0.1) is 12.4 Å². The van der Waals surface area contributed by atoms with Crippen molar-refractivity contribution in [3.05, 3.63) is 41.5 Å². The van der Waals surface area contributed by atoms with Crippen LogP contribution < -0.4 is 24.7 Å². The van der Waals surface area contributed by atoms with Gasteiger partial charge in [-0.3, -0.25) is 9.63 Å². The van der Waals surface area contributed by atoms with Gasteiger partial charge < -0.3 is 24.7 Å². The molecule has 3 rings (SSSR count). The summed E-state index contributed by atoms with van der Waals surface area (Å²) < 4.78 is 22.6. The number of ether oxygens (including phenoxy) is 4. The van der Waals surface area contributed by atoms with Crippen LogP contribution in [0.5, 0.6) is 28.7 Å². The lowest BCUT2D eigenvalue weighted by Crippen LogP contribution is -2.36. The molecule has 0 saturated carbocycles. The quantitative estimate of drug-likeness (QED) is 0.654. The van der Waals surface area contributed by atoms with Crippen molar-refractivity contribution in [1.82, 2.24) is 5.06 Å². The van der Waals surface area contributed by atoms with Gasteiger partial charge in [0.15, 0.2) is 11.5 Å². The number of hydrogen-bond acceptors (Lipinski definition) is 7. The minimum Gasteiger partial charge on any atom is -0.492 e. The Balaban J connectivity index is 0.00000341. The Hall–Kier alpha value is -2.68. The molecule has 1 saturated heterocycles. The van der Waals surface area contributed by atoms with Crippen LogP contribution in [0.3, 0.4) is 0 Å². The molecule has 2 aromatic rings. The van der Waals surface area contributed by atoms with Gasteiger partial charge >= 0.3 is 0 Å². The summed E-state index contributed by atoms with van der Waals surface area (Å²) in [4.78, 5) is 18.6. The molecular weight excluding hydrogens is 424 g/mol. The Morgan fingerprint density at radius 1 is 1.03 bits per heavy atom. The van der Waals surface area contributed by atoms with Crippen molar-refractivity contribution in [1.29, 1.82) is 0 Å². The van der Waals surface area contributed by atoms with Crippen LogP contribution >= 0.6 is 12.4 Å². The van der Waals surface area contributed by atoms with E-state index in [2.05, 4.69) is 0 Å². The number of hydrogen-bond donors (Lipinski definition) is 1. The number of methoxy groups -OCH3 is 3. The van der Waals surface area contributed by atoms with Gasteiger partial charge in [-0.2, -0.15) is 0 Å². The maximum atomic E-state index is 13.1. The van der Waals surface area contributed by atoms with E-state index >= 15 is 0 Å². The maximum Gasteiger partial charge on any atom is 0.281 e. The standard InChI is InChI=1S/C22H28N2O6.ClH/c1-26-19-17(22(25)24-12-4-5-13-29-24)14-18(20(27-2)21(19)28-3)30-16-8-6-15(7-9-16)10-11-23;/h6-9,14H,4-5,10-13,23H2,1-3H3;1H. The zero-order valence-corrected chi connectivity index (χ0v) is 18.8. The van der Waals surface area contributed by atoms with Crippen LogP contribution in [0.2, 0.25) is 0 Å². The number of halogens is 1. The highest BCUT2D eigenvalue weighted by atomic mass is 35.5. The molecule has 2 aromatic carbocycles. The number of carbonyl (C=O) groups is 1. The molecule has 1 amide bonds. The molecule has 0 spiro atoms. The molecule has 0 atom stereocenters. The molecule has 0 bridgehead atoms. The van der Waals surface area contributed by atoms with Crippen LogP contribution in [0.4, 0.5) is 0 Å². The number of nitrogens with two attached hydrogens (primary N) is 1. The topological polar surface area (TPSA) is 92.5 Å². The zero-order valence-electron chi connectivity index (χ0n) is 18.0. The largest absolute Gasteiger partial charge is 0.492 e. The summed E-state index contributed by atoms with van der Waals surface area (Å²) in [5.74, 6) is 1.47. The van der Waals surface area contributed by atoms with Gasteiger partial charge in [-0.05, 0) is 43.5 Å². The van der Waals surface area contributed by atoms with Crippen molar-refractivity contribution >= 4 is 18.3 Å². The average molecular weight is 453 g/mol. The minimum absolute atomic E-state index is 0. The fourth-order valence-electron chi connectivity index (χ4n) is 3.32. The molecule has 170 valence electrons. The van der Waals surface area contributed by atoms with Crippen molar-refractivity contribution in [3.8, 4) is 28.7 Å². The number of nitrogens with zero attached hydrogens (tertiary/aromatic N) is 1. The predicted octanol–water partition coefficient (Wildman–Crippen LogP) is 3.60. The molecule has 1 aliphatic heterocycles. The highest BCUT2D eigenvalue weighted by Gasteiger charge is 2.29. The summed E-state index contributed by atoms with van der Waals surface area (Å²) in [7, 11) is 4.46. The first-order valence-electron chi connectivity index (χ1n) is 9.87. The SMILES string of the molecule is COc1c(Oc2ccc(CCN)cc2)cc(C(=O)N2CCCCO2)c(OC)c1OC.Cl. The molecule has 9 heteroatoms. The first-order chi connectivity index (χ1) is 14.6. The summed E-state index contributed by atoms with van der Waals surface area (Å²) in [6.45, 7) is 1.59. The summed E-state index contributed by atoms with van der Waals surface area (Å²) in [6.07, 6.45) is 2.58. The molecule has 2 N–H and O–H groups in total. The molecule has 1 fully saturated rings. The molecular formula is C22H29ClN2O6. The minimum atomic E-state index is -0.323. The normalized spacial score (nSPS) is 13.2. The lowest BCUT2D eigenvalue weighted by molar-refractivity contribution is -0.144. The molecule has 1 aliphatic rings. The fourth-order valence-corrected chi connectivity index (χ4v) is 3.32. The molecule has 0 unspecified atom stereocenters. The summed E-state index contributed by atoms with van der Waals surface area (Å²) in [5.41, 5.74) is 6.99. The smallest absolute Gasteiger partial charge is 0.281 e. The van der Waals surface area contributed by atoms with E-state index in [1.165, 1.54) is 26.4 Å². The highest BCUT2D eigenvalue weighted by molar-refractivity contribution is 5.98. The van der Waals surface area contributed by atoms with E-state index in [-0.39, 0.29) is 35.4 Å². The number of hydroxylamine groups is 2. The Bertz CT molecular complexity index is 869. The van der Waals surface area contributed by atoms with E-state index in [0.29, 0.717) is 36.9 Å². The van der Waals surface area contributed by atoms with Gasteiger partial charge in [0, 0.05) is 12.6 Å². The molecule has 0 aliphatic carbocycles. The average Bonchev–Trinajstić information content (AvgIpc) is 2.79. The third-order valence-electron chi connectivity index (χ3n) is 4.81. The summed E-state index contributed by atoms with van der Waals surface area (Å²) in [6, 6.07) is 9.17. The van der Waals surface area contributed by atoms with Crippen molar-refractivity contribution < 1.29 is 28.6 Å². The first-order valence-corrected chi connectivity index (χ1v) is 9.87. The third kappa shape index (κ3) is 5.52. The highest BCUT2D eigenvalue weighted by Crippen LogP contribution is 2.48. The van der Waals surface area contributed by atoms with Crippen molar-refractivity contribution in [2.45, 2.75) is 19.3 Å². The van der Waals surface area contributed by atoms with Crippen LogP contribution in [0.25, 0.3) is 0 Å². The molecule has 0 radical (unpaired) electrons. The fraction of sp³-hybridized carbons (Fsp3) is 0.409. The van der Waals surface area contributed by atoms with Crippen LogP contribution in [0, 0.1) is 0 Å². The van der Waals surface area contributed by atoms with Crippen molar-refractivity contribution in [2.24, 2.45) is 5.73 Å². The molecule has 8 nitrogen and oxygen atoms in total. The van der Waals surface area contributed by atoms with Crippen LogP contribution in [0.1, 0.15) is 28.8 Å². The Morgan fingerprint density at radius 3 is 2.26 bits per heavy atom. The second-order valence-electron chi connectivity index (χ2n) is 6.75. The molecule has 0 aromatic heterocycles. The van der Waals surface area contributed by atoms with Crippen LogP contribution in [-0.4, -0.2) is 52.0 Å². The zero-order chi connectivity index (χ0) is 21.5. The van der Waals surface area contributed by atoms with E-state index in [4.69, 9.17) is 29.5 Å². The Morgan fingerprint density at radius 2 is 1.71 bits per heavy atom. The Labute approximate surface area is 188 Å². The lowest BCUT2D eigenvalue weighted by Gasteiger charge is -2.27. The monoisotopic (exact) mass is 452 g/mol. The number of amides is 1. The van der Waals surface area contributed by atoms with Gasteiger partial charge in [0.05, 0.1) is 33.5 Å². The number of benzene rings is 2. The Kier molecular flexibility index (Phi) is 9.23. The van der Waals surface area contributed by atoms with E-state index < -0.39 is 0 Å². The second-order valence-corrected chi connectivity index (χ2v) is 6.75. The van der Waals surface area contributed by atoms with Gasteiger partial charge in [0.1, 0.15) is 5.75 Å². The number of rotatable bonds is 8. The van der Waals surface area contributed by atoms with Crippen molar-refractivity contribution in [3.63, 3.8) is 0 Å². The number of carbonyl (C=O) groups excluding carboxylic acids is 1. The van der Waals surface area contributed by atoms with Gasteiger partial charge in [0.25, 0.3) is 5.91 Å². The summed E-state index contributed by atoms with van der Waals surface area (Å²) in [5, 5.41) is 1.35. The van der Waals surface area contributed by atoms with Gasteiger partial charge in [0.2, 0.25) is 11.5 Å². The lowest BCUT2D eigenvalue weighted by atomic mass is 10.1. The van der Waals surface area contributed by atoms with Gasteiger partial charge in [-0.25, -0.2) is 5.06 Å². The van der Waals surface area contributed by atoms with Crippen LogP contribution in [0.15, 0.2) is 30.3 Å². The predicted molar refractivity (Wildman–Crippen MR) is 119 cm³/mol. The summed E-state index contributed by atoms with van der Waals surface area (Å²) >= 11 is 0. The maximum absolute atomic E-state index is 13.1. The molecule has 31 heavy (non-hydrogen) atoms. The van der Waals surface area contributed by atoms with Gasteiger partial charge in [-0.1, -0.05) is 12.1 Å². The van der Waals surface area contributed by atoms with Crippen LogP contribution in [-0.2, 0) is 11.3 Å². The van der Waals surface area contributed by atoms with Crippen molar-refractivity contribution in [2.75, 3.05) is 41.0 Å².